The van der Waals surface area contributed by atoms with E-state index in [9.17, 15) is 9.59 Å². The number of esters is 1. The van der Waals surface area contributed by atoms with E-state index in [1.165, 1.54) is 0 Å². The molecule has 1 amide bonds. The highest BCUT2D eigenvalue weighted by molar-refractivity contribution is 5.80. The summed E-state index contributed by atoms with van der Waals surface area (Å²) in [6.45, 7) is 1.97. The van der Waals surface area contributed by atoms with Crippen LogP contribution in [-0.4, -0.2) is 44.3 Å². The molecule has 3 rings (SSSR count). The lowest BCUT2D eigenvalue weighted by atomic mass is 10.1. The third kappa shape index (κ3) is 5.39. The molecule has 0 fully saturated rings. The number of ether oxygens (including phenoxy) is 4. The van der Waals surface area contributed by atoms with Crippen molar-refractivity contribution in [2.45, 2.75) is 19.4 Å². The first-order valence-corrected chi connectivity index (χ1v) is 9.17. The minimum Gasteiger partial charge on any atom is -0.486 e. The van der Waals surface area contributed by atoms with Crippen LogP contribution in [0.1, 0.15) is 12.5 Å². The van der Waals surface area contributed by atoms with Crippen molar-refractivity contribution in [1.82, 2.24) is 5.32 Å². The number of aryl methyl sites for hydroxylation is 1. The highest BCUT2D eigenvalue weighted by Gasteiger charge is 2.21. The van der Waals surface area contributed by atoms with Gasteiger partial charge in [0.05, 0.1) is 6.54 Å². The zero-order chi connectivity index (χ0) is 19.8. The molecule has 1 N–H and O–H groups in total. The van der Waals surface area contributed by atoms with Crippen LogP contribution in [0.4, 0.5) is 0 Å². The smallest absolute Gasteiger partial charge is 0.344 e. The summed E-state index contributed by atoms with van der Waals surface area (Å²) in [5.74, 6) is 0.950. The Balaban J connectivity index is 1.35. The Hall–Kier alpha value is -3.22. The molecule has 2 aromatic carbocycles. The van der Waals surface area contributed by atoms with Gasteiger partial charge in [0, 0.05) is 0 Å². The molecule has 2 aromatic rings. The molecule has 0 radical (unpaired) electrons. The number of hydrogen-bond acceptors (Lipinski definition) is 6. The van der Waals surface area contributed by atoms with Gasteiger partial charge in [0.25, 0.3) is 5.91 Å². The largest absolute Gasteiger partial charge is 0.486 e. The molecular weight excluding hydrogens is 362 g/mol. The van der Waals surface area contributed by atoms with Crippen LogP contribution in [0.2, 0.25) is 0 Å². The average Bonchev–Trinajstić information content (AvgIpc) is 2.74. The molecule has 7 nitrogen and oxygen atoms in total. The van der Waals surface area contributed by atoms with Gasteiger partial charge in [-0.3, -0.25) is 4.79 Å². The van der Waals surface area contributed by atoms with Crippen molar-refractivity contribution >= 4 is 11.9 Å². The summed E-state index contributed by atoms with van der Waals surface area (Å²) < 4.78 is 21.7. The van der Waals surface area contributed by atoms with Crippen LogP contribution in [0.3, 0.4) is 0 Å². The van der Waals surface area contributed by atoms with E-state index >= 15 is 0 Å². The van der Waals surface area contributed by atoms with E-state index in [0.29, 0.717) is 23.9 Å². The lowest BCUT2D eigenvalue weighted by Crippen LogP contribution is -2.42. The predicted molar refractivity (Wildman–Crippen MR) is 102 cm³/mol. The number of fused-ring (bicyclic) bond motifs is 1. The minimum atomic E-state index is -0.604. The number of hydrogen-bond donors (Lipinski definition) is 1. The molecule has 0 bridgehead atoms. The monoisotopic (exact) mass is 385 g/mol. The minimum absolute atomic E-state index is 0.249. The Labute approximate surface area is 163 Å². The molecule has 1 atom stereocenters. The molecule has 148 valence electrons. The molecule has 1 unspecified atom stereocenters. The number of benzene rings is 2. The second-order valence-electron chi connectivity index (χ2n) is 6.21. The van der Waals surface area contributed by atoms with Gasteiger partial charge in [-0.05, 0) is 30.2 Å². The maximum atomic E-state index is 11.9. The molecule has 1 aliphatic rings. The van der Waals surface area contributed by atoms with Crippen LogP contribution < -0.4 is 19.5 Å². The van der Waals surface area contributed by atoms with Crippen molar-refractivity contribution < 1.29 is 28.5 Å². The van der Waals surface area contributed by atoms with Crippen molar-refractivity contribution in [2.75, 3.05) is 26.4 Å². The van der Waals surface area contributed by atoms with Crippen LogP contribution in [0, 0.1) is 0 Å². The molecule has 7 heteroatoms. The summed E-state index contributed by atoms with van der Waals surface area (Å²) in [5, 5.41) is 2.67. The third-order valence-corrected chi connectivity index (χ3v) is 4.16. The molecule has 0 saturated carbocycles. The molecule has 1 heterocycles. The zero-order valence-corrected chi connectivity index (χ0v) is 15.7. The Morgan fingerprint density at radius 1 is 1.07 bits per heavy atom. The van der Waals surface area contributed by atoms with Crippen molar-refractivity contribution in [3.05, 3.63) is 54.1 Å². The summed E-state index contributed by atoms with van der Waals surface area (Å²) >= 11 is 0. The van der Waals surface area contributed by atoms with Crippen molar-refractivity contribution in [2.24, 2.45) is 0 Å². The van der Waals surface area contributed by atoms with E-state index < -0.39 is 11.9 Å². The van der Waals surface area contributed by atoms with Gasteiger partial charge in [0.1, 0.15) is 18.5 Å². The highest BCUT2D eigenvalue weighted by atomic mass is 16.6. The normalized spacial score (nSPS) is 14.8. The van der Waals surface area contributed by atoms with E-state index in [2.05, 4.69) is 5.32 Å². The lowest BCUT2D eigenvalue weighted by molar-refractivity contribution is -0.150. The summed E-state index contributed by atoms with van der Waals surface area (Å²) in [6.07, 6.45) is 0.494. The number of rotatable bonds is 8. The number of para-hydroxylation sites is 3. The second kappa shape index (κ2) is 9.64. The molecule has 0 spiro atoms. The fourth-order valence-corrected chi connectivity index (χ4v) is 2.70. The summed E-state index contributed by atoms with van der Waals surface area (Å²) in [4.78, 5) is 23.7. The van der Waals surface area contributed by atoms with Crippen molar-refractivity contribution in [3.63, 3.8) is 0 Å². The maximum Gasteiger partial charge on any atom is 0.344 e. The number of carbonyl (C=O) groups is 2. The van der Waals surface area contributed by atoms with Gasteiger partial charge in [-0.15, -0.1) is 0 Å². The first-order valence-electron chi connectivity index (χ1n) is 9.17. The molecule has 0 saturated heterocycles. The van der Waals surface area contributed by atoms with Gasteiger partial charge in [0.2, 0.25) is 0 Å². The Bertz CT molecular complexity index is 822. The van der Waals surface area contributed by atoms with Gasteiger partial charge in [0.15, 0.2) is 24.7 Å². The third-order valence-electron chi connectivity index (χ3n) is 4.16. The maximum absolute atomic E-state index is 11.9. The van der Waals surface area contributed by atoms with Crippen LogP contribution in [0.15, 0.2) is 48.5 Å². The van der Waals surface area contributed by atoms with Crippen LogP contribution in [0.25, 0.3) is 0 Å². The Morgan fingerprint density at radius 2 is 1.82 bits per heavy atom. The number of amides is 1. The van der Waals surface area contributed by atoms with E-state index in [-0.39, 0.29) is 25.9 Å². The van der Waals surface area contributed by atoms with Gasteiger partial charge in [-0.25, -0.2) is 4.79 Å². The van der Waals surface area contributed by atoms with Crippen LogP contribution in [-0.2, 0) is 20.7 Å². The van der Waals surface area contributed by atoms with Crippen molar-refractivity contribution in [3.8, 4) is 17.2 Å². The standard InChI is InChI=1S/C21H23NO6/c1-2-15-7-3-4-8-17(15)26-14-21(24)27-13-20(23)22-11-16-12-25-18-9-5-6-10-19(18)28-16/h3-10,16H,2,11-14H2,1H3,(H,22,23). The topological polar surface area (TPSA) is 83.1 Å². The number of nitrogens with one attached hydrogen (secondary N) is 1. The SMILES string of the molecule is CCc1ccccc1OCC(=O)OCC(=O)NCC1COc2ccccc2O1. The highest BCUT2D eigenvalue weighted by Crippen LogP contribution is 2.30. The van der Waals surface area contributed by atoms with Gasteiger partial charge < -0.3 is 24.3 Å². The van der Waals surface area contributed by atoms with Crippen LogP contribution >= 0.6 is 0 Å². The second-order valence-corrected chi connectivity index (χ2v) is 6.21. The Kier molecular flexibility index (Phi) is 6.73. The predicted octanol–water partition coefficient (Wildman–Crippen LogP) is 2.13. The van der Waals surface area contributed by atoms with Gasteiger partial charge >= 0.3 is 5.97 Å². The summed E-state index contributed by atoms with van der Waals surface area (Å²) in [6, 6.07) is 14.8. The van der Waals surface area contributed by atoms with Crippen LogP contribution in [0.5, 0.6) is 17.2 Å². The molecule has 28 heavy (non-hydrogen) atoms. The fraction of sp³-hybridized carbons (Fsp3) is 0.333. The molecule has 0 aromatic heterocycles. The first-order chi connectivity index (χ1) is 13.7. The summed E-state index contributed by atoms with van der Waals surface area (Å²) in [7, 11) is 0. The van der Waals surface area contributed by atoms with Gasteiger partial charge in [-0.1, -0.05) is 37.3 Å². The molecule has 0 aliphatic carbocycles. The van der Waals surface area contributed by atoms with E-state index in [4.69, 9.17) is 18.9 Å². The molecular formula is C21H23NO6. The Morgan fingerprint density at radius 3 is 2.64 bits per heavy atom. The zero-order valence-electron chi connectivity index (χ0n) is 15.7. The van der Waals surface area contributed by atoms with Crippen molar-refractivity contribution in [1.29, 1.82) is 0 Å². The molecule has 1 aliphatic heterocycles. The fourth-order valence-electron chi connectivity index (χ4n) is 2.70. The van der Waals surface area contributed by atoms with Gasteiger partial charge in [-0.2, -0.15) is 0 Å². The van der Waals surface area contributed by atoms with E-state index in [1.54, 1.807) is 6.07 Å². The quantitative estimate of drug-likeness (QED) is 0.701. The number of carbonyl (C=O) groups excluding carboxylic acids is 2. The van der Waals surface area contributed by atoms with E-state index in [0.717, 1.165) is 12.0 Å². The summed E-state index contributed by atoms with van der Waals surface area (Å²) in [5.41, 5.74) is 1.00. The first kappa shape index (κ1) is 19.5. The average molecular weight is 385 g/mol. The lowest BCUT2D eigenvalue weighted by Gasteiger charge is -2.26. The van der Waals surface area contributed by atoms with E-state index in [1.807, 2.05) is 49.4 Å².